The Kier molecular flexibility index (Phi) is 7.49. The van der Waals surface area contributed by atoms with Gasteiger partial charge in [-0.2, -0.15) is 0 Å². The Morgan fingerprint density at radius 1 is 1.03 bits per heavy atom. The van der Waals surface area contributed by atoms with Gasteiger partial charge in [0.2, 0.25) is 0 Å². The highest BCUT2D eigenvalue weighted by Gasteiger charge is 2.29. The molecule has 178 valence electrons. The van der Waals surface area contributed by atoms with Crippen LogP contribution in [0.25, 0.3) is 0 Å². The molecule has 3 aliphatic rings. The number of nitrogens with zero attached hydrogens (tertiary/aromatic N) is 3. The smallest absolute Gasteiger partial charge is 0.320 e. The lowest BCUT2D eigenvalue weighted by Crippen LogP contribution is -2.47. The number of urea groups is 1. The van der Waals surface area contributed by atoms with Crippen LogP contribution in [0.3, 0.4) is 0 Å². The summed E-state index contributed by atoms with van der Waals surface area (Å²) in [6.45, 7) is 8.78. The summed E-state index contributed by atoms with van der Waals surface area (Å²) in [6.07, 6.45) is 4.07. The SMILES string of the molecule is O=C(N1CCC(c2ccccc2)CC1)N1CCc2sc(OCCCN3CCOCC3)cc2C1. The quantitative estimate of drug-likeness (QED) is 0.595. The van der Waals surface area contributed by atoms with Gasteiger partial charge in [-0.3, -0.25) is 4.90 Å². The van der Waals surface area contributed by atoms with Gasteiger partial charge in [0, 0.05) is 50.7 Å². The van der Waals surface area contributed by atoms with Crippen molar-refractivity contribution in [1.82, 2.24) is 14.7 Å². The fourth-order valence-electron chi connectivity index (χ4n) is 5.16. The first-order valence-corrected chi connectivity index (χ1v) is 13.2. The number of rotatable bonds is 6. The summed E-state index contributed by atoms with van der Waals surface area (Å²) in [7, 11) is 0. The van der Waals surface area contributed by atoms with E-state index >= 15 is 0 Å². The van der Waals surface area contributed by atoms with Gasteiger partial charge >= 0.3 is 6.03 Å². The van der Waals surface area contributed by atoms with E-state index in [1.54, 1.807) is 11.3 Å². The van der Waals surface area contributed by atoms with E-state index in [0.29, 0.717) is 12.5 Å². The van der Waals surface area contributed by atoms with Gasteiger partial charge in [-0.25, -0.2) is 4.79 Å². The number of amides is 2. The highest BCUT2D eigenvalue weighted by molar-refractivity contribution is 7.14. The van der Waals surface area contributed by atoms with E-state index in [-0.39, 0.29) is 6.03 Å². The molecule has 2 aromatic rings. The highest BCUT2D eigenvalue weighted by Crippen LogP contribution is 2.34. The van der Waals surface area contributed by atoms with Crippen molar-refractivity contribution in [3.63, 3.8) is 0 Å². The van der Waals surface area contributed by atoms with Gasteiger partial charge < -0.3 is 19.3 Å². The number of carbonyl (C=O) groups excluding carboxylic acids is 1. The van der Waals surface area contributed by atoms with Crippen molar-refractivity contribution >= 4 is 17.4 Å². The summed E-state index contributed by atoms with van der Waals surface area (Å²) >= 11 is 1.76. The van der Waals surface area contributed by atoms with Crippen molar-refractivity contribution < 1.29 is 14.3 Å². The Hall–Kier alpha value is -2.09. The third-order valence-electron chi connectivity index (χ3n) is 7.12. The number of piperidine rings is 1. The molecule has 0 atom stereocenters. The molecule has 5 rings (SSSR count). The average molecular weight is 470 g/mol. The zero-order valence-corrected chi connectivity index (χ0v) is 20.2. The van der Waals surface area contributed by atoms with Crippen molar-refractivity contribution in [2.24, 2.45) is 0 Å². The van der Waals surface area contributed by atoms with E-state index < -0.39 is 0 Å². The first-order valence-electron chi connectivity index (χ1n) is 12.4. The molecule has 2 amide bonds. The lowest BCUT2D eigenvalue weighted by molar-refractivity contribution is 0.0358. The number of morpholine rings is 1. The molecule has 4 heterocycles. The molecule has 0 saturated carbocycles. The van der Waals surface area contributed by atoms with Gasteiger partial charge in [-0.05, 0) is 48.8 Å². The van der Waals surface area contributed by atoms with Crippen molar-refractivity contribution in [3.8, 4) is 5.06 Å². The van der Waals surface area contributed by atoms with Gasteiger partial charge in [0.05, 0.1) is 19.8 Å². The van der Waals surface area contributed by atoms with E-state index in [1.165, 1.54) is 16.0 Å². The van der Waals surface area contributed by atoms with Crippen LogP contribution >= 0.6 is 11.3 Å². The summed E-state index contributed by atoms with van der Waals surface area (Å²) in [4.78, 5) is 21.1. The summed E-state index contributed by atoms with van der Waals surface area (Å²) in [5.74, 6) is 0.572. The average Bonchev–Trinajstić information content (AvgIpc) is 3.29. The Morgan fingerprint density at radius 3 is 2.61 bits per heavy atom. The molecule has 2 saturated heterocycles. The topological polar surface area (TPSA) is 45.2 Å². The van der Waals surface area contributed by atoms with Crippen molar-refractivity contribution in [1.29, 1.82) is 0 Å². The molecule has 1 aromatic carbocycles. The standard InChI is InChI=1S/C26H35N3O3S/c30-26(28-11-7-22(8-12-28)21-5-2-1-3-6-21)29-13-9-24-23(20-29)19-25(33-24)32-16-4-10-27-14-17-31-18-15-27/h1-3,5-6,19,22H,4,7-18,20H2. The van der Waals surface area contributed by atoms with Gasteiger partial charge in [0.1, 0.15) is 0 Å². The number of hydrogen-bond acceptors (Lipinski definition) is 5. The summed E-state index contributed by atoms with van der Waals surface area (Å²) < 4.78 is 11.5. The van der Waals surface area contributed by atoms with Crippen molar-refractivity contribution in [2.75, 3.05) is 59.1 Å². The number of thiophene rings is 1. The van der Waals surface area contributed by atoms with Gasteiger partial charge in [0.25, 0.3) is 0 Å². The Labute approximate surface area is 201 Å². The predicted octanol–water partition coefficient (Wildman–Crippen LogP) is 4.21. The maximum Gasteiger partial charge on any atom is 0.320 e. The largest absolute Gasteiger partial charge is 0.484 e. The van der Waals surface area contributed by atoms with E-state index in [9.17, 15) is 4.79 Å². The lowest BCUT2D eigenvalue weighted by Gasteiger charge is -2.37. The summed E-state index contributed by atoms with van der Waals surface area (Å²) in [6, 6.07) is 13.1. The number of likely N-dealkylation sites (tertiary alicyclic amines) is 1. The fourth-order valence-corrected chi connectivity index (χ4v) is 6.19. The Morgan fingerprint density at radius 2 is 1.82 bits per heavy atom. The molecular weight excluding hydrogens is 434 g/mol. The molecule has 0 N–H and O–H groups in total. The Balaban J connectivity index is 1.08. The van der Waals surface area contributed by atoms with Crippen LogP contribution in [0.15, 0.2) is 36.4 Å². The number of hydrogen-bond donors (Lipinski definition) is 0. The van der Waals surface area contributed by atoms with Crippen molar-refractivity contribution in [3.05, 3.63) is 52.4 Å². The van der Waals surface area contributed by atoms with Crippen LogP contribution in [0.2, 0.25) is 0 Å². The maximum absolute atomic E-state index is 13.2. The highest BCUT2D eigenvalue weighted by atomic mass is 32.1. The molecule has 6 nitrogen and oxygen atoms in total. The second-order valence-electron chi connectivity index (χ2n) is 9.30. The third-order valence-corrected chi connectivity index (χ3v) is 8.27. The second kappa shape index (κ2) is 10.9. The molecule has 2 fully saturated rings. The predicted molar refractivity (Wildman–Crippen MR) is 131 cm³/mol. The Bertz CT molecular complexity index is 905. The van der Waals surface area contributed by atoms with Crippen LogP contribution in [0, 0.1) is 0 Å². The minimum Gasteiger partial charge on any atom is -0.484 e. The first-order chi connectivity index (χ1) is 16.3. The molecule has 0 aliphatic carbocycles. The van der Waals surface area contributed by atoms with Crippen LogP contribution in [0.1, 0.15) is 41.2 Å². The molecular formula is C26H35N3O3S. The van der Waals surface area contributed by atoms with Gasteiger partial charge in [0.15, 0.2) is 5.06 Å². The minimum atomic E-state index is 0.200. The van der Waals surface area contributed by atoms with E-state index in [1.807, 2.05) is 4.90 Å². The normalized spacial score (nSPS) is 20.0. The third kappa shape index (κ3) is 5.70. The molecule has 7 heteroatoms. The number of ether oxygens (including phenoxy) is 2. The molecule has 33 heavy (non-hydrogen) atoms. The number of benzene rings is 1. The molecule has 1 aromatic heterocycles. The van der Waals surface area contributed by atoms with Crippen LogP contribution in [0.4, 0.5) is 4.79 Å². The molecule has 0 unspecified atom stereocenters. The minimum absolute atomic E-state index is 0.200. The zero-order valence-electron chi connectivity index (χ0n) is 19.4. The molecule has 0 spiro atoms. The summed E-state index contributed by atoms with van der Waals surface area (Å²) in [5.41, 5.74) is 2.67. The van der Waals surface area contributed by atoms with Crippen LogP contribution < -0.4 is 4.74 Å². The molecule has 0 bridgehead atoms. The zero-order chi connectivity index (χ0) is 22.5. The fraction of sp³-hybridized carbons (Fsp3) is 0.577. The molecule has 3 aliphatic heterocycles. The van der Waals surface area contributed by atoms with Gasteiger partial charge in [-0.15, -0.1) is 11.3 Å². The van der Waals surface area contributed by atoms with Crippen LogP contribution in [0.5, 0.6) is 5.06 Å². The van der Waals surface area contributed by atoms with Crippen LogP contribution in [-0.4, -0.2) is 79.8 Å². The second-order valence-corrected chi connectivity index (χ2v) is 10.4. The summed E-state index contributed by atoms with van der Waals surface area (Å²) in [5, 5.41) is 1.000. The molecule has 0 radical (unpaired) electrons. The number of carbonyl (C=O) groups is 1. The first kappa shape index (κ1) is 22.7. The van der Waals surface area contributed by atoms with Crippen LogP contribution in [-0.2, 0) is 17.7 Å². The van der Waals surface area contributed by atoms with Crippen molar-refractivity contribution in [2.45, 2.75) is 38.1 Å². The monoisotopic (exact) mass is 469 g/mol. The van der Waals surface area contributed by atoms with E-state index in [0.717, 1.165) is 89.8 Å². The lowest BCUT2D eigenvalue weighted by atomic mass is 9.89. The van der Waals surface area contributed by atoms with E-state index in [4.69, 9.17) is 9.47 Å². The van der Waals surface area contributed by atoms with Gasteiger partial charge in [-0.1, -0.05) is 30.3 Å². The number of fused-ring (bicyclic) bond motifs is 1. The maximum atomic E-state index is 13.2. The van der Waals surface area contributed by atoms with E-state index in [2.05, 4.69) is 46.2 Å².